The first kappa shape index (κ1) is 21.6. The Balaban J connectivity index is 1.54. The van der Waals surface area contributed by atoms with Gasteiger partial charge in [-0.1, -0.05) is 24.3 Å². The van der Waals surface area contributed by atoms with Crippen LogP contribution < -0.4 is 9.86 Å². The van der Waals surface area contributed by atoms with Crippen LogP contribution in [-0.2, 0) is 10.0 Å². The number of aromatic amines is 2. The van der Waals surface area contributed by atoms with Crippen LogP contribution in [0.3, 0.4) is 0 Å². The van der Waals surface area contributed by atoms with E-state index in [4.69, 9.17) is 0 Å². The molecule has 5 aromatic rings. The third kappa shape index (κ3) is 3.75. The van der Waals surface area contributed by atoms with Crippen molar-refractivity contribution in [3.05, 3.63) is 95.0 Å². The van der Waals surface area contributed by atoms with Crippen molar-refractivity contribution >= 4 is 26.6 Å². The molecule has 5 rings (SSSR count). The van der Waals surface area contributed by atoms with Crippen molar-refractivity contribution in [1.82, 2.24) is 20.2 Å². The molecule has 8 nitrogen and oxygen atoms in total. The zero-order valence-corrected chi connectivity index (χ0v) is 19.3. The number of aryl methyl sites for hydroxylation is 1. The zero-order chi connectivity index (χ0) is 23.9. The predicted octanol–water partition coefficient (Wildman–Crippen LogP) is 4.11. The molecule has 0 saturated heterocycles. The van der Waals surface area contributed by atoms with Gasteiger partial charge in [-0.25, -0.2) is 13.5 Å². The minimum absolute atomic E-state index is 0.261. The number of pyridine rings is 1. The molecule has 0 spiro atoms. The van der Waals surface area contributed by atoms with Gasteiger partial charge in [-0.3, -0.25) is 14.1 Å². The summed E-state index contributed by atoms with van der Waals surface area (Å²) in [7, 11) is -2.20. The highest BCUT2D eigenvalue weighted by atomic mass is 32.2. The summed E-state index contributed by atoms with van der Waals surface area (Å²) >= 11 is 0. The first-order chi connectivity index (χ1) is 16.3. The highest BCUT2D eigenvalue weighted by molar-refractivity contribution is 7.92. The largest absolute Gasteiger partial charge is 0.354 e. The number of hydrogen-bond acceptors (Lipinski definition) is 5. The summed E-state index contributed by atoms with van der Waals surface area (Å²) in [4.78, 5) is 20.1. The highest BCUT2D eigenvalue weighted by Gasteiger charge is 2.23. The van der Waals surface area contributed by atoms with E-state index < -0.39 is 10.0 Å². The number of nitrogens with one attached hydrogen (secondary N) is 2. The number of benzene rings is 2. The normalized spacial score (nSPS) is 11.6. The first-order valence-electron chi connectivity index (χ1n) is 10.5. The number of hydrogen-bond donors (Lipinski definition) is 2. The van der Waals surface area contributed by atoms with Crippen LogP contribution in [0.5, 0.6) is 0 Å². The van der Waals surface area contributed by atoms with Gasteiger partial charge >= 0.3 is 0 Å². The molecule has 0 unspecified atom stereocenters. The number of H-pyrrole nitrogens is 2. The van der Waals surface area contributed by atoms with E-state index in [2.05, 4.69) is 20.2 Å². The highest BCUT2D eigenvalue weighted by Crippen LogP contribution is 2.30. The SMILES string of the molecule is Cc1ccccc1S(=O)(=O)N(C)c1ccc2cc(-c3cc(-c4ccncc4)n[nH]c3=O)[nH]c2c1. The van der Waals surface area contributed by atoms with Crippen LogP contribution in [-0.4, -0.2) is 35.6 Å². The second-order valence-electron chi connectivity index (χ2n) is 7.92. The molecule has 170 valence electrons. The molecule has 0 aliphatic rings. The molecule has 0 aliphatic carbocycles. The van der Waals surface area contributed by atoms with Gasteiger partial charge in [0.05, 0.1) is 27.5 Å². The Kier molecular flexibility index (Phi) is 5.25. The number of aromatic nitrogens is 4. The number of rotatable bonds is 5. The van der Waals surface area contributed by atoms with Gasteiger partial charge in [0.15, 0.2) is 0 Å². The summed E-state index contributed by atoms with van der Waals surface area (Å²) in [6.07, 6.45) is 3.32. The summed E-state index contributed by atoms with van der Waals surface area (Å²) in [6, 6.07) is 19.4. The molecule has 2 N–H and O–H groups in total. The van der Waals surface area contributed by atoms with Crippen LogP contribution in [0.25, 0.3) is 33.4 Å². The summed E-state index contributed by atoms with van der Waals surface area (Å²) in [6.45, 7) is 1.77. The fourth-order valence-corrected chi connectivity index (χ4v) is 5.28. The van der Waals surface area contributed by atoms with Crippen molar-refractivity contribution in [3.8, 4) is 22.5 Å². The van der Waals surface area contributed by atoms with Gasteiger partial charge in [-0.15, -0.1) is 0 Å². The maximum atomic E-state index is 13.2. The number of nitrogens with zero attached hydrogens (tertiary/aromatic N) is 3. The Morgan fingerprint density at radius 3 is 2.47 bits per heavy atom. The second-order valence-corrected chi connectivity index (χ2v) is 9.86. The molecular formula is C25H21N5O3S. The lowest BCUT2D eigenvalue weighted by Gasteiger charge is -2.20. The lowest BCUT2D eigenvalue weighted by atomic mass is 10.1. The molecule has 9 heteroatoms. The van der Waals surface area contributed by atoms with Crippen molar-refractivity contribution in [2.75, 3.05) is 11.4 Å². The smallest absolute Gasteiger partial charge is 0.273 e. The predicted molar refractivity (Wildman–Crippen MR) is 132 cm³/mol. The van der Waals surface area contributed by atoms with Gasteiger partial charge in [0.1, 0.15) is 0 Å². The third-order valence-electron chi connectivity index (χ3n) is 5.77. The van der Waals surface area contributed by atoms with Gasteiger partial charge in [-0.05, 0) is 55.0 Å². The monoisotopic (exact) mass is 471 g/mol. The minimum Gasteiger partial charge on any atom is -0.354 e. The first-order valence-corrected chi connectivity index (χ1v) is 12.0. The molecule has 0 atom stereocenters. The third-order valence-corrected chi connectivity index (χ3v) is 7.72. The molecule has 0 saturated carbocycles. The average molecular weight is 472 g/mol. The van der Waals surface area contributed by atoms with E-state index in [1.807, 2.05) is 30.3 Å². The molecule has 3 aromatic heterocycles. The molecule has 0 amide bonds. The summed E-state index contributed by atoms with van der Waals surface area (Å²) < 4.78 is 27.6. The lowest BCUT2D eigenvalue weighted by Crippen LogP contribution is -2.27. The Labute approximate surface area is 196 Å². The zero-order valence-electron chi connectivity index (χ0n) is 18.5. The van der Waals surface area contributed by atoms with E-state index >= 15 is 0 Å². The van der Waals surface area contributed by atoms with Crippen LogP contribution in [0.15, 0.2) is 88.8 Å². The number of fused-ring (bicyclic) bond motifs is 1. The van der Waals surface area contributed by atoms with Crippen LogP contribution in [0.4, 0.5) is 5.69 Å². The van der Waals surface area contributed by atoms with Crippen LogP contribution in [0, 0.1) is 6.92 Å². The van der Waals surface area contributed by atoms with E-state index in [0.717, 1.165) is 10.9 Å². The van der Waals surface area contributed by atoms with E-state index in [1.54, 1.807) is 55.7 Å². The molecule has 0 bridgehead atoms. The van der Waals surface area contributed by atoms with Crippen molar-refractivity contribution in [1.29, 1.82) is 0 Å². The van der Waals surface area contributed by atoms with Gasteiger partial charge in [-0.2, -0.15) is 5.10 Å². The van der Waals surface area contributed by atoms with Crippen molar-refractivity contribution in [3.63, 3.8) is 0 Å². The molecule has 0 radical (unpaired) electrons. The quantitative estimate of drug-likeness (QED) is 0.401. The molecular weight excluding hydrogens is 450 g/mol. The van der Waals surface area contributed by atoms with Crippen molar-refractivity contribution < 1.29 is 8.42 Å². The van der Waals surface area contributed by atoms with Gasteiger partial charge in [0.2, 0.25) is 0 Å². The van der Waals surface area contributed by atoms with E-state index in [9.17, 15) is 13.2 Å². The molecule has 0 fully saturated rings. The average Bonchev–Trinajstić information content (AvgIpc) is 3.27. The summed E-state index contributed by atoms with van der Waals surface area (Å²) in [5, 5.41) is 7.53. The fourth-order valence-electron chi connectivity index (χ4n) is 3.86. The van der Waals surface area contributed by atoms with Crippen LogP contribution in [0.1, 0.15) is 5.56 Å². The van der Waals surface area contributed by atoms with Crippen LogP contribution >= 0.6 is 0 Å². The maximum Gasteiger partial charge on any atom is 0.273 e. The van der Waals surface area contributed by atoms with Gasteiger partial charge < -0.3 is 4.98 Å². The lowest BCUT2D eigenvalue weighted by molar-refractivity contribution is 0.594. The summed E-state index contributed by atoms with van der Waals surface area (Å²) in [5.41, 5.74) is 4.04. The van der Waals surface area contributed by atoms with E-state index in [1.165, 1.54) is 11.4 Å². The standard InChI is InChI=1S/C25H21N5O3S/c1-16-5-3-4-6-24(16)34(32,33)30(2)19-8-7-18-13-23(27-21(18)14-19)20-15-22(28-29-25(20)31)17-9-11-26-12-10-17/h3-15,27H,1-2H3,(H,29,31). The minimum atomic E-state index is -3.73. The van der Waals surface area contributed by atoms with Gasteiger partial charge in [0, 0.05) is 35.9 Å². The maximum absolute atomic E-state index is 13.2. The Morgan fingerprint density at radius 2 is 1.71 bits per heavy atom. The Bertz CT molecular complexity index is 1670. The topological polar surface area (TPSA) is 112 Å². The van der Waals surface area contributed by atoms with E-state index in [-0.39, 0.29) is 10.5 Å². The summed E-state index contributed by atoms with van der Waals surface area (Å²) in [5.74, 6) is 0. The second kappa shape index (κ2) is 8.27. The molecule has 2 aromatic carbocycles. The van der Waals surface area contributed by atoms with Crippen LogP contribution in [0.2, 0.25) is 0 Å². The van der Waals surface area contributed by atoms with E-state index in [0.29, 0.717) is 33.7 Å². The van der Waals surface area contributed by atoms with Crippen molar-refractivity contribution in [2.45, 2.75) is 11.8 Å². The van der Waals surface area contributed by atoms with Crippen molar-refractivity contribution in [2.24, 2.45) is 0 Å². The molecule has 34 heavy (non-hydrogen) atoms. The molecule has 3 heterocycles. The number of anilines is 1. The van der Waals surface area contributed by atoms with Gasteiger partial charge in [0.25, 0.3) is 15.6 Å². The fraction of sp³-hybridized carbons (Fsp3) is 0.0800. The molecule has 0 aliphatic heterocycles. The Morgan fingerprint density at radius 1 is 0.941 bits per heavy atom. The number of sulfonamides is 1. The Hall–Kier alpha value is -4.24.